The smallest absolute Gasteiger partial charge is 0.122 e. The van der Waals surface area contributed by atoms with E-state index in [9.17, 15) is 5.11 Å². The Hall–Kier alpha value is -2.00. The van der Waals surface area contributed by atoms with E-state index in [-0.39, 0.29) is 11.5 Å². The number of nitrogens with one attached hydrogen (secondary N) is 1. The van der Waals surface area contributed by atoms with Crippen LogP contribution < -0.4 is 10.1 Å². The molecule has 23 heavy (non-hydrogen) atoms. The van der Waals surface area contributed by atoms with Gasteiger partial charge in [-0.25, -0.2) is 0 Å². The van der Waals surface area contributed by atoms with Gasteiger partial charge >= 0.3 is 0 Å². The Kier molecular flexibility index (Phi) is 4.07. The van der Waals surface area contributed by atoms with E-state index < -0.39 is 0 Å². The van der Waals surface area contributed by atoms with Gasteiger partial charge in [-0.2, -0.15) is 0 Å². The van der Waals surface area contributed by atoms with Crippen LogP contribution in [0.5, 0.6) is 11.5 Å². The molecule has 1 aliphatic heterocycles. The first-order chi connectivity index (χ1) is 10.9. The number of fused-ring (bicyclic) bond motifs is 1. The summed E-state index contributed by atoms with van der Waals surface area (Å²) < 4.78 is 5.55. The number of aromatic hydroxyl groups is 1. The van der Waals surface area contributed by atoms with Gasteiger partial charge in [0.05, 0.1) is 13.2 Å². The van der Waals surface area contributed by atoms with Crippen molar-refractivity contribution in [3.05, 3.63) is 58.7 Å². The van der Waals surface area contributed by atoms with Crippen LogP contribution in [0.1, 0.15) is 49.1 Å². The molecule has 3 rings (SSSR count). The van der Waals surface area contributed by atoms with Gasteiger partial charge in [0.1, 0.15) is 11.5 Å². The second kappa shape index (κ2) is 5.89. The topological polar surface area (TPSA) is 41.5 Å². The van der Waals surface area contributed by atoms with Crippen molar-refractivity contribution >= 4 is 0 Å². The number of rotatable bonds is 2. The first kappa shape index (κ1) is 15.9. The Morgan fingerprint density at radius 2 is 1.91 bits per heavy atom. The van der Waals surface area contributed by atoms with Gasteiger partial charge in [0.2, 0.25) is 0 Å². The Morgan fingerprint density at radius 3 is 2.61 bits per heavy atom. The average molecular weight is 311 g/mol. The molecule has 2 N–H and O–H groups in total. The summed E-state index contributed by atoms with van der Waals surface area (Å²) >= 11 is 0. The van der Waals surface area contributed by atoms with Gasteiger partial charge in [0, 0.05) is 6.54 Å². The van der Waals surface area contributed by atoms with Crippen LogP contribution >= 0.6 is 0 Å². The van der Waals surface area contributed by atoms with E-state index in [1.807, 2.05) is 12.1 Å². The standard InChI is InChI=1S/C20H25NO2/c1-20(2,3)17-12-14(5-8-18(17)23-4)19-16-7-6-15(22)11-13(16)9-10-21-19/h5-8,11-12,19,21-22H,9-10H2,1-4H3. The van der Waals surface area contributed by atoms with Crippen molar-refractivity contribution in [3.8, 4) is 11.5 Å². The zero-order chi connectivity index (χ0) is 16.6. The number of ether oxygens (including phenoxy) is 1. The van der Waals surface area contributed by atoms with E-state index in [1.165, 1.54) is 22.3 Å². The lowest BCUT2D eigenvalue weighted by Gasteiger charge is -2.29. The lowest BCUT2D eigenvalue weighted by molar-refractivity contribution is 0.397. The van der Waals surface area contributed by atoms with Gasteiger partial charge in [-0.05, 0) is 58.4 Å². The monoisotopic (exact) mass is 311 g/mol. The van der Waals surface area contributed by atoms with Crippen molar-refractivity contribution in [2.45, 2.75) is 38.6 Å². The van der Waals surface area contributed by atoms with Crippen LogP contribution in [0.15, 0.2) is 36.4 Å². The van der Waals surface area contributed by atoms with Crippen molar-refractivity contribution in [1.82, 2.24) is 5.32 Å². The minimum atomic E-state index is 0.0216. The normalized spacial score (nSPS) is 17.7. The van der Waals surface area contributed by atoms with Crippen LogP contribution in [0.25, 0.3) is 0 Å². The van der Waals surface area contributed by atoms with Gasteiger partial charge in [-0.3, -0.25) is 0 Å². The lowest BCUT2D eigenvalue weighted by atomic mass is 9.82. The van der Waals surface area contributed by atoms with Crippen LogP contribution in [0.4, 0.5) is 0 Å². The maximum atomic E-state index is 9.73. The highest BCUT2D eigenvalue weighted by Gasteiger charge is 2.25. The summed E-state index contributed by atoms with van der Waals surface area (Å²) in [6.45, 7) is 7.52. The summed E-state index contributed by atoms with van der Waals surface area (Å²) in [7, 11) is 1.72. The predicted octanol–water partition coefficient (Wildman–Crippen LogP) is 3.93. The molecule has 0 spiro atoms. The van der Waals surface area contributed by atoms with Crippen LogP contribution in [-0.2, 0) is 11.8 Å². The van der Waals surface area contributed by atoms with Crippen LogP contribution in [0.3, 0.4) is 0 Å². The molecule has 1 aliphatic rings. The largest absolute Gasteiger partial charge is 0.508 e. The van der Waals surface area contributed by atoms with Crippen molar-refractivity contribution in [3.63, 3.8) is 0 Å². The Balaban J connectivity index is 2.07. The van der Waals surface area contributed by atoms with E-state index in [0.29, 0.717) is 5.75 Å². The SMILES string of the molecule is COc1ccc(C2NCCc3cc(O)ccc32)cc1C(C)(C)C. The van der Waals surface area contributed by atoms with Crippen molar-refractivity contribution in [2.75, 3.05) is 13.7 Å². The van der Waals surface area contributed by atoms with Gasteiger partial charge in [0.15, 0.2) is 0 Å². The third-order valence-electron chi connectivity index (χ3n) is 4.55. The van der Waals surface area contributed by atoms with Gasteiger partial charge in [-0.15, -0.1) is 0 Å². The van der Waals surface area contributed by atoms with E-state index in [4.69, 9.17) is 4.74 Å². The highest BCUT2D eigenvalue weighted by atomic mass is 16.5. The number of benzene rings is 2. The van der Waals surface area contributed by atoms with Crippen LogP contribution in [0, 0.1) is 0 Å². The van der Waals surface area contributed by atoms with E-state index in [0.717, 1.165) is 18.7 Å². The molecule has 0 radical (unpaired) electrons. The number of phenols is 1. The molecule has 0 fully saturated rings. The average Bonchev–Trinajstić information content (AvgIpc) is 2.52. The van der Waals surface area contributed by atoms with E-state index >= 15 is 0 Å². The molecule has 0 aliphatic carbocycles. The van der Waals surface area contributed by atoms with E-state index in [2.05, 4.69) is 44.3 Å². The zero-order valence-corrected chi connectivity index (χ0v) is 14.3. The number of phenolic OH excluding ortho intramolecular Hbond substituents is 1. The first-order valence-electron chi connectivity index (χ1n) is 8.14. The molecule has 0 saturated heterocycles. The molecule has 1 unspecified atom stereocenters. The third kappa shape index (κ3) is 3.06. The minimum Gasteiger partial charge on any atom is -0.508 e. The molecule has 3 heteroatoms. The maximum absolute atomic E-state index is 9.73. The molecular formula is C20H25NO2. The second-order valence-corrected chi connectivity index (χ2v) is 7.23. The maximum Gasteiger partial charge on any atom is 0.122 e. The highest BCUT2D eigenvalue weighted by Crippen LogP contribution is 2.36. The summed E-state index contributed by atoms with van der Waals surface area (Å²) in [6.07, 6.45) is 0.947. The zero-order valence-electron chi connectivity index (χ0n) is 14.3. The summed E-state index contributed by atoms with van der Waals surface area (Å²) in [4.78, 5) is 0. The number of hydrogen-bond donors (Lipinski definition) is 2. The van der Waals surface area contributed by atoms with Gasteiger partial charge < -0.3 is 15.2 Å². The quantitative estimate of drug-likeness (QED) is 0.883. The summed E-state index contributed by atoms with van der Waals surface area (Å²) in [5.74, 6) is 1.28. The molecule has 3 nitrogen and oxygen atoms in total. The van der Waals surface area contributed by atoms with E-state index in [1.54, 1.807) is 13.2 Å². The Bertz CT molecular complexity index is 716. The van der Waals surface area contributed by atoms with Crippen molar-refractivity contribution in [2.24, 2.45) is 0 Å². The fourth-order valence-electron chi connectivity index (χ4n) is 3.34. The fraction of sp³-hybridized carbons (Fsp3) is 0.400. The molecule has 2 aromatic rings. The number of hydrogen-bond acceptors (Lipinski definition) is 3. The molecule has 0 amide bonds. The second-order valence-electron chi connectivity index (χ2n) is 7.23. The summed E-state index contributed by atoms with van der Waals surface area (Å²) in [5.41, 5.74) is 4.95. The van der Waals surface area contributed by atoms with Crippen LogP contribution in [0.2, 0.25) is 0 Å². The molecule has 0 aromatic heterocycles. The fourth-order valence-corrected chi connectivity index (χ4v) is 3.34. The summed E-state index contributed by atoms with van der Waals surface area (Å²) in [5, 5.41) is 13.3. The molecule has 1 heterocycles. The highest BCUT2D eigenvalue weighted by molar-refractivity contribution is 5.48. The molecule has 0 bridgehead atoms. The molecule has 1 atom stereocenters. The molecule has 0 saturated carbocycles. The molecular weight excluding hydrogens is 286 g/mol. The third-order valence-corrected chi connectivity index (χ3v) is 4.55. The Morgan fingerprint density at radius 1 is 1.13 bits per heavy atom. The van der Waals surface area contributed by atoms with Gasteiger partial charge in [-0.1, -0.05) is 32.9 Å². The van der Waals surface area contributed by atoms with Crippen molar-refractivity contribution in [1.29, 1.82) is 0 Å². The van der Waals surface area contributed by atoms with Crippen molar-refractivity contribution < 1.29 is 9.84 Å². The Labute approximate surface area is 138 Å². The first-order valence-corrected chi connectivity index (χ1v) is 8.14. The molecule has 122 valence electrons. The number of methoxy groups -OCH3 is 1. The predicted molar refractivity (Wildman–Crippen MR) is 93.4 cm³/mol. The van der Waals surface area contributed by atoms with Crippen LogP contribution in [-0.4, -0.2) is 18.8 Å². The minimum absolute atomic E-state index is 0.0216. The molecule has 2 aromatic carbocycles. The summed E-state index contributed by atoms with van der Waals surface area (Å²) in [6, 6.07) is 12.3. The van der Waals surface area contributed by atoms with Gasteiger partial charge in [0.25, 0.3) is 0 Å². The lowest BCUT2D eigenvalue weighted by Crippen LogP contribution is -2.30.